The van der Waals surface area contributed by atoms with Crippen LogP contribution in [0.4, 0.5) is 0 Å². The Hall–Kier alpha value is -1.45. The minimum absolute atomic E-state index is 0.213. The number of aliphatic hydroxyl groups is 3. The topological polar surface area (TPSA) is 111 Å². The predicted molar refractivity (Wildman–Crippen MR) is 84.9 cm³/mol. The second-order valence-electron chi connectivity index (χ2n) is 5.46. The molecule has 8 heteroatoms. The monoisotopic (exact) mass is 338 g/mol. The standard InChI is InChI=1S/C15H18N2O5S/c18-7-9-12(20)13(21)11-14(22-9)23-15(17-11)16-10(19)6-8-4-2-1-3-5-8/h1-5,9,11-14,18,20-21H,6-7H2,(H,16,17,19)/t9-,11-,12-,13-,14-/m1/s1. The van der Waals surface area contributed by atoms with Gasteiger partial charge in [0.05, 0.1) is 13.0 Å². The van der Waals surface area contributed by atoms with Crippen molar-refractivity contribution in [2.24, 2.45) is 4.99 Å². The third-order valence-corrected chi connectivity index (χ3v) is 4.85. The summed E-state index contributed by atoms with van der Waals surface area (Å²) in [7, 11) is 0. The highest BCUT2D eigenvalue weighted by molar-refractivity contribution is 8.14. The molecule has 2 heterocycles. The van der Waals surface area contributed by atoms with Gasteiger partial charge in [-0.25, -0.2) is 0 Å². The van der Waals surface area contributed by atoms with E-state index in [0.717, 1.165) is 5.56 Å². The van der Waals surface area contributed by atoms with Crippen LogP contribution in [0.15, 0.2) is 35.3 Å². The molecule has 7 nitrogen and oxygen atoms in total. The Balaban J connectivity index is 1.61. The number of nitrogens with one attached hydrogen (secondary N) is 1. The van der Waals surface area contributed by atoms with Crippen molar-refractivity contribution in [3.8, 4) is 0 Å². The predicted octanol–water partition coefficient (Wildman–Crippen LogP) is -0.744. The maximum absolute atomic E-state index is 12.0. The van der Waals surface area contributed by atoms with Crippen molar-refractivity contribution < 1.29 is 24.9 Å². The zero-order chi connectivity index (χ0) is 16.4. The summed E-state index contributed by atoms with van der Waals surface area (Å²) >= 11 is 1.17. The van der Waals surface area contributed by atoms with Crippen LogP contribution in [-0.4, -0.2) is 62.8 Å². The summed E-state index contributed by atoms with van der Waals surface area (Å²) < 4.78 is 5.51. The van der Waals surface area contributed by atoms with Crippen molar-refractivity contribution in [2.45, 2.75) is 36.2 Å². The fourth-order valence-corrected chi connectivity index (χ4v) is 3.72. The average molecular weight is 338 g/mol. The second kappa shape index (κ2) is 6.98. The number of fused-ring (bicyclic) bond motifs is 1. The first-order valence-electron chi connectivity index (χ1n) is 7.29. The smallest absolute Gasteiger partial charge is 0.230 e. The molecule has 1 aromatic carbocycles. The summed E-state index contributed by atoms with van der Waals surface area (Å²) in [6.07, 6.45) is -2.97. The molecule has 0 spiro atoms. The maximum Gasteiger partial charge on any atom is 0.230 e. The highest BCUT2D eigenvalue weighted by atomic mass is 32.2. The van der Waals surface area contributed by atoms with Crippen LogP contribution in [0.25, 0.3) is 0 Å². The van der Waals surface area contributed by atoms with E-state index in [1.165, 1.54) is 11.8 Å². The normalized spacial score (nSPS) is 33.0. The molecule has 0 radical (unpaired) electrons. The molecule has 3 rings (SSSR count). The Morgan fingerprint density at radius 3 is 2.70 bits per heavy atom. The van der Waals surface area contributed by atoms with E-state index in [4.69, 9.17) is 9.84 Å². The molecule has 0 bridgehead atoms. The molecule has 0 aromatic heterocycles. The van der Waals surface area contributed by atoms with E-state index in [0.29, 0.717) is 5.17 Å². The minimum atomic E-state index is -1.20. The number of nitrogens with zero attached hydrogens (tertiary/aromatic N) is 1. The number of aliphatic hydroxyl groups excluding tert-OH is 3. The van der Waals surface area contributed by atoms with Crippen molar-refractivity contribution in [1.82, 2.24) is 5.32 Å². The Kier molecular flexibility index (Phi) is 4.98. The largest absolute Gasteiger partial charge is 0.394 e. The number of carbonyl (C=O) groups excluding carboxylic acids is 1. The molecule has 124 valence electrons. The van der Waals surface area contributed by atoms with E-state index < -0.39 is 36.4 Å². The zero-order valence-corrected chi connectivity index (χ0v) is 13.0. The average Bonchev–Trinajstić information content (AvgIpc) is 2.94. The van der Waals surface area contributed by atoms with Crippen LogP contribution >= 0.6 is 11.8 Å². The van der Waals surface area contributed by atoms with E-state index in [2.05, 4.69) is 10.3 Å². The maximum atomic E-state index is 12.0. The number of aliphatic imine (C=N–C) groups is 1. The van der Waals surface area contributed by atoms with Gasteiger partial charge in [0.25, 0.3) is 0 Å². The van der Waals surface area contributed by atoms with Crippen molar-refractivity contribution in [2.75, 3.05) is 6.61 Å². The molecule has 23 heavy (non-hydrogen) atoms. The third-order valence-electron chi connectivity index (χ3n) is 3.80. The number of thioether (sulfide) groups is 1. The Bertz CT molecular complexity index is 597. The van der Waals surface area contributed by atoms with Crippen molar-refractivity contribution in [3.05, 3.63) is 35.9 Å². The lowest BCUT2D eigenvalue weighted by atomic mass is 9.99. The van der Waals surface area contributed by atoms with Gasteiger partial charge in [-0.3, -0.25) is 9.79 Å². The number of benzene rings is 1. The number of carbonyl (C=O) groups is 1. The van der Waals surface area contributed by atoms with E-state index >= 15 is 0 Å². The molecular weight excluding hydrogens is 320 g/mol. The summed E-state index contributed by atoms with van der Waals surface area (Å²) in [5.74, 6) is -0.213. The van der Waals surface area contributed by atoms with Crippen LogP contribution in [0.5, 0.6) is 0 Å². The molecule has 2 aliphatic heterocycles. The number of amidine groups is 1. The van der Waals surface area contributed by atoms with E-state index in [1.807, 2.05) is 30.3 Å². The first-order chi connectivity index (χ1) is 11.1. The lowest BCUT2D eigenvalue weighted by molar-refractivity contribution is -0.164. The van der Waals surface area contributed by atoms with E-state index in [1.54, 1.807) is 0 Å². The fraction of sp³-hybridized carbons (Fsp3) is 0.467. The van der Waals surface area contributed by atoms with Gasteiger partial charge in [-0.05, 0) is 5.56 Å². The van der Waals surface area contributed by atoms with Crippen LogP contribution in [-0.2, 0) is 16.0 Å². The van der Waals surface area contributed by atoms with Crippen LogP contribution in [0.2, 0.25) is 0 Å². The Morgan fingerprint density at radius 2 is 2.00 bits per heavy atom. The molecule has 1 aromatic rings. The second-order valence-corrected chi connectivity index (χ2v) is 6.55. The lowest BCUT2D eigenvalue weighted by Gasteiger charge is -2.37. The number of rotatable bonds is 3. The molecule has 1 amide bonds. The van der Waals surface area contributed by atoms with Gasteiger partial charge in [0.15, 0.2) is 5.17 Å². The summed E-state index contributed by atoms with van der Waals surface area (Å²) in [4.78, 5) is 16.3. The first kappa shape index (κ1) is 16.4. The van der Waals surface area contributed by atoms with Crippen molar-refractivity contribution in [1.29, 1.82) is 0 Å². The van der Waals surface area contributed by atoms with Gasteiger partial charge in [-0.15, -0.1) is 0 Å². The highest BCUT2D eigenvalue weighted by Crippen LogP contribution is 2.35. The van der Waals surface area contributed by atoms with Gasteiger partial charge in [0, 0.05) is 0 Å². The number of ether oxygens (including phenoxy) is 1. The quantitative estimate of drug-likeness (QED) is 0.577. The number of hydrogen-bond acceptors (Lipinski definition) is 7. The van der Waals surface area contributed by atoms with Crippen molar-refractivity contribution >= 4 is 22.8 Å². The van der Waals surface area contributed by atoms with Crippen LogP contribution in [0.3, 0.4) is 0 Å². The van der Waals surface area contributed by atoms with E-state index in [-0.39, 0.29) is 12.3 Å². The lowest BCUT2D eigenvalue weighted by Crippen LogP contribution is -2.55. The Labute approximate surface area is 137 Å². The number of hydrogen-bond donors (Lipinski definition) is 4. The minimum Gasteiger partial charge on any atom is -0.394 e. The summed E-state index contributed by atoms with van der Waals surface area (Å²) in [5, 5.41) is 32.1. The zero-order valence-electron chi connectivity index (χ0n) is 12.2. The molecule has 0 saturated carbocycles. The summed E-state index contributed by atoms with van der Waals surface area (Å²) in [6.45, 7) is -0.391. The molecule has 0 aliphatic carbocycles. The molecule has 1 saturated heterocycles. The van der Waals surface area contributed by atoms with Gasteiger partial charge in [-0.1, -0.05) is 42.1 Å². The fourth-order valence-electron chi connectivity index (χ4n) is 2.58. The van der Waals surface area contributed by atoms with Gasteiger partial charge in [-0.2, -0.15) is 0 Å². The highest BCUT2D eigenvalue weighted by Gasteiger charge is 2.48. The first-order valence-corrected chi connectivity index (χ1v) is 8.17. The number of amides is 1. The Morgan fingerprint density at radius 1 is 1.26 bits per heavy atom. The molecule has 5 atom stereocenters. The molecule has 1 fully saturated rings. The third kappa shape index (κ3) is 3.56. The molecule has 0 unspecified atom stereocenters. The van der Waals surface area contributed by atoms with Crippen molar-refractivity contribution in [3.63, 3.8) is 0 Å². The van der Waals surface area contributed by atoms with Gasteiger partial charge >= 0.3 is 0 Å². The molecule has 4 N–H and O–H groups in total. The molecular formula is C15H18N2O5S. The van der Waals surface area contributed by atoms with Crippen LogP contribution in [0, 0.1) is 0 Å². The van der Waals surface area contributed by atoms with Crippen LogP contribution < -0.4 is 5.32 Å². The van der Waals surface area contributed by atoms with E-state index in [9.17, 15) is 15.0 Å². The van der Waals surface area contributed by atoms with Gasteiger partial charge in [0.2, 0.25) is 5.91 Å². The summed E-state index contributed by atoms with van der Waals surface area (Å²) in [6, 6.07) is 8.66. The SMILES string of the molecule is O=C(Cc1ccccc1)NC1=N[C@@H]2[C@@H](O)[C@H](O)[C@@H](CO)O[C@@H]2S1. The van der Waals surface area contributed by atoms with Crippen LogP contribution in [0.1, 0.15) is 5.56 Å². The molecule has 2 aliphatic rings. The van der Waals surface area contributed by atoms with Gasteiger partial charge in [0.1, 0.15) is 29.8 Å². The summed E-state index contributed by atoms with van der Waals surface area (Å²) in [5.41, 5.74) is 0.357. The van der Waals surface area contributed by atoms with Gasteiger partial charge < -0.3 is 25.4 Å².